The fraction of sp³-hybridized carbons (Fsp3) is 0.278. The number of guanidine groups is 1. The molecule has 0 aliphatic carbocycles. The first-order chi connectivity index (χ1) is 10.6. The van der Waals surface area contributed by atoms with Gasteiger partial charge in [-0.15, -0.1) is 0 Å². The van der Waals surface area contributed by atoms with Crippen molar-refractivity contribution in [1.29, 1.82) is 5.41 Å². The van der Waals surface area contributed by atoms with Crippen molar-refractivity contribution in [3.8, 4) is 0 Å². The molecular formula is C18H23N3O. The van der Waals surface area contributed by atoms with Crippen molar-refractivity contribution in [3.05, 3.63) is 71.3 Å². The summed E-state index contributed by atoms with van der Waals surface area (Å²) in [6.45, 7) is 3.19. The van der Waals surface area contributed by atoms with Crippen molar-refractivity contribution in [3.63, 3.8) is 0 Å². The molecule has 4 nitrogen and oxygen atoms in total. The van der Waals surface area contributed by atoms with Gasteiger partial charge in [-0.3, -0.25) is 5.41 Å². The fourth-order valence-electron chi connectivity index (χ4n) is 2.30. The molecule has 1 unspecified atom stereocenters. The summed E-state index contributed by atoms with van der Waals surface area (Å²) in [6, 6.07) is 18.4. The summed E-state index contributed by atoms with van der Waals surface area (Å²) in [5, 5.41) is 7.40. The lowest BCUT2D eigenvalue weighted by Gasteiger charge is -2.23. The molecule has 2 aromatic rings. The van der Waals surface area contributed by atoms with Gasteiger partial charge < -0.3 is 15.4 Å². The Morgan fingerprint density at radius 1 is 1.14 bits per heavy atom. The molecule has 22 heavy (non-hydrogen) atoms. The van der Waals surface area contributed by atoms with Crippen LogP contribution < -0.4 is 5.73 Å². The zero-order valence-corrected chi connectivity index (χ0v) is 13.1. The number of rotatable bonds is 6. The minimum absolute atomic E-state index is 0.0516. The molecule has 3 N–H and O–H groups in total. The van der Waals surface area contributed by atoms with Gasteiger partial charge in [-0.25, -0.2) is 0 Å². The summed E-state index contributed by atoms with van der Waals surface area (Å²) >= 11 is 0. The van der Waals surface area contributed by atoms with Gasteiger partial charge in [0.05, 0.1) is 6.61 Å². The molecule has 0 aromatic heterocycles. The van der Waals surface area contributed by atoms with Gasteiger partial charge >= 0.3 is 0 Å². The van der Waals surface area contributed by atoms with Crippen LogP contribution in [0.25, 0.3) is 0 Å². The molecule has 0 aliphatic rings. The molecule has 0 spiro atoms. The molecule has 4 heteroatoms. The zero-order valence-electron chi connectivity index (χ0n) is 13.1. The highest BCUT2D eigenvalue weighted by atomic mass is 16.5. The number of nitrogens with two attached hydrogens (primary N) is 1. The van der Waals surface area contributed by atoms with E-state index in [2.05, 4.69) is 31.2 Å². The smallest absolute Gasteiger partial charge is 0.188 e. The minimum atomic E-state index is -0.109. The van der Waals surface area contributed by atoms with Gasteiger partial charge in [-0.2, -0.15) is 0 Å². The number of likely N-dealkylation sites (N-methyl/N-ethyl adjacent to an activating group) is 1. The first-order valence-corrected chi connectivity index (χ1v) is 7.37. The molecule has 0 amide bonds. The number of benzene rings is 2. The van der Waals surface area contributed by atoms with Crippen LogP contribution in [0.4, 0.5) is 0 Å². The van der Waals surface area contributed by atoms with Crippen LogP contribution in [-0.2, 0) is 4.74 Å². The Balaban J connectivity index is 2.17. The van der Waals surface area contributed by atoms with Crippen molar-refractivity contribution >= 4 is 5.96 Å². The molecule has 116 valence electrons. The second-order valence-corrected chi connectivity index (χ2v) is 5.32. The third kappa shape index (κ3) is 4.09. The predicted molar refractivity (Wildman–Crippen MR) is 90.0 cm³/mol. The number of hydrogen-bond acceptors (Lipinski definition) is 2. The van der Waals surface area contributed by atoms with E-state index in [0.29, 0.717) is 13.2 Å². The van der Waals surface area contributed by atoms with Gasteiger partial charge in [0.15, 0.2) is 5.96 Å². The Kier molecular flexibility index (Phi) is 5.55. The van der Waals surface area contributed by atoms with Crippen LogP contribution in [0.3, 0.4) is 0 Å². The molecule has 0 heterocycles. The Hall–Kier alpha value is -2.33. The maximum Gasteiger partial charge on any atom is 0.188 e. The molecule has 2 aromatic carbocycles. The summed E-state index contributed by atoms with van der Waals surface area (Å²) in [5.41, 5.74) is 8.95. The normalized spacial score (nSPS) is 11.9. The first-order valence-electron chi connectivity index (χ1n) is 7.37. The molecular weight excluding hydrogens is 274 g/mol. The fourth-order valence-corrected chi connectivity index (χ4v) is 2.30. The third-order valence-electron chi connectivity index (χ3n) is 3.70. The lowest BCUT2D eigenvalue weighted by atomic mass is 9.97. The maximum absolute atomic E-state index is 7.40. The minimum Gasteiger partial charge on any atom is -0.370 e. The lowest BCUT2D eigenvalue weighted by Crippen LogP contribution is -2.35. The summed E-state index contributed by atoms with van der Waals surface area (Å²) in [7, 11) is 1.79. The van der Waals surface area contributed by atoms with Gasteiger partial charge in [-0.05, 0) is 23.6 Å². The van der Waals surface area contributed by atoms with E-state index in [1.807, 2.05) is 30.3 Å². The number of hydrogen-bond donors (Lipinski definition) is 2. The number of aryl methyl sites for hydroxylation is 1. The Morgan fingerprint density at radius 3 is 2.41 bits per heavy atom. The summed E-state index contributed by atoms with van der Waals surface area (Å²) in [4.78, 5) is 1.67. The van der Waals surface area contributed by atoms with Gasteiger partial charge in [-0.1, -0.05) is 54.6 Å². The van der Waals surface area contributed by atoms with E-state index in [1.54, 1.807) is 11.9 Å². The van der Waals surface area contributed by atoms with Crippen LogP contribution in [0.2, 0.25) is 0 Å². The van der Waals surface area contributed by atoms with E-state index in [9.17, 15) is 0 Å². The topological polar surface area (TPSA) is 62.3 Å². The number of nitrogens with zero attached hydrogens (tertiary/aromatic N) is 1. The lowest BCUT2D eigenvalue weighted by molar-refractivity contribution is 0.0730. The molecule has 0 radical (unpaired) electrons. The van der Waals surface area contributed by atoms with E-state index < -0.39 is 0 Å². The van der Waals surface area contributed by atoms with Crippen molar-refractivity contribution < 1.29 is 4.74 Å². The highest BCUT2D eigenvalue weighted by Gasteiger charge is 2.16. The van der Waals surface area contributed by atoms with Crippen LogP contribution in [-0.4, -0.2) is 31.1 Å². The monoisotopic (exact) mass is 297 g/mol. The molecule has 0 saturated carbocycles. The van der Waals surface area contributed by atoms with E-state index in [4.69, 9.17) is 15.9 Å². The average molecular weight is 297 g/mol. The van der Waals surface area contributed by atoms with Gasteiger partial charge in [0, 0.05) is 13.6 Å². The molecule has 0 aliphatic heterocycles. The van der Waals surface area contributed by atoms with Crippen LogP contribution in [0.1, 0.15) is 22.8 Å². The summed E-state index contributed by atoms with van der Waals surface area (Å²) < 4.78 is 6.12. The maximum atomic E-state index is 7.40. The second-order valence-electron chi connectivity index (χ2n) is 5.32. The molecule has 1 atom stereocenters. The van der Waals surface area contributed by atoms with E-state index >= 15 is 0 Å². The number of nitrogens with one attached hydrogen (secondary N) is 1. The first kappa shape index (κ1) is 16.0. The van der Waals surface area contributed by atoms with Crippen LogP contribution in [0.5, 0.6) is 0 Å². The van der Waals surface area contributed by atoms with Gasteiger partial charge in [0.2, 0.25) is 0 Å². The van der Waals surface area contributed by atoms with Gasteiger partial charge in [0.25, 0.3) is 0 Å². The Bertz CT molecular complexity index is 613. The van der Waals surface area contributed by atoms with Crippen molar-refractivity contribution in [2.45, 2.75) is 13.0 Å². The van der Waals surface area contributed by atoms with Crippen molar-refractivity contribution in [1.82, 2.24) is 4.90 Å². The second kappa shape index (κ2) is 7.61. The van der Waals surface area contributed by atoms with Crippen LogP contribution in [0.15, 0.2) is 54.6 Å². The molecule has 0 fully saturated rings. The Labute approximate surface area is 132 Å². The van der Waals surface area contributed by atoms with E-state index in [-0.39, 0.29) is 12.1 Å². The highest BCUT2D eigenvalue weighted by Crippen LogP contribution is 2.28. The third-order valence-corrected chi connectivity index (χ3v) is 3.70. The average Bonchev–Trinajstić information content (AvgIpc) is 2.53. The quantitative estimate of drug-likeness (QED) is 0.636. The highest BCUT2D eigenvalue weighted by molar-refractivity contribution is 5.74. The Morgan fingerprint density at radius 2 is 1.77 bits per heavy atom. The van der Waals surface area contributed by atoms with Crippen LogP contribution in [0, 0.1) is 12.3 Å². The zero-order chi connectivity index (χ0) is 15.9. The molecule has 0 bridgehead atoms. The van der Waals surface area contributed by atoms with Crippen LogP contribution >= 0.6 is 0 Å². The summed E-state index contributed by atoms with van der Waals surface area (Å²) in [5.74, 6) is 0.0516. The van der Waals surface area contributed by atoms with Crippen molar-refractivity contribution in [2.24, 2.45) is 5.73 Å². The standard InChI is InChI=1S/C18H23N3O/c1-14-8-6-7-11-16(14)17(15-9-4-3-5-10-15)22-13-12-21(2)18(19)20/h3-11,17H,12-13H2,1-2H3,(H3,19,20). The SMILES string of the molecule is Cc1ccccc1C(OCCN(C)C(=N)N)c1ccccc1. The van der Waals surface area contributed by atoms with Crippen molar-refractivity contribution in [2.75, 3.05) is 20.2 Å². The molecule has 2 rings (SSSR count). The van der Waals surface area contributed by atoms with E-state index in [0.717, 1.165) is 5.56 Å². The number of ether oxygens (including phenoxy) is 1. The van der Waals surface area contributed by atoms with Gasteiger partial charge in [0.1, 0.15) is 6.10 Å². The molecule has 0 saturated heterocycles. The predicted octanol–water partition coefficient (Wildman–Crippen LogP) is 2.93. The largest absolute Gasteiger partial charge is 0.370 e. The summed E-state index contributed by atoms with van der Waals surface area (Å²) in [6.07, 6.45) is -0.109. The van der Waals surface area contributed by atoms with E-state index in [1.165, 1.54) is 11.1 Å².